The number of benzene rings is 1. The molecule has 0 aromatic heterocycles. The van der Waals surface area contributed by atoms with Crippen LogP contribution in [0.25, 0.3) is 0 Å². The topological polar surface area (TPSA) is 59.0 Å². The van der Waals surface area contributed by atoms with Gasteiger partial charge in [-0.1, -0.05) is 17.7 Å². The summed E-state index contributed by atoms with van der Waals surface area (Å²) in [5.41, 5.74) is 2.89. The van der Waals surface area contributed by atoms with Gasteiger partial charge in [0.1, 0.15) is 0 Å². The van der Waals surface area contributed by atoms with E-state index in [4.69, 9.17) is 0 Å². The number of amides is 1. The van der Waals surface area contributed by atoms with Crippen molar-refractivity contribution in [3.05, 3.63) is 40.3 Å². The van der Waals surface area contributed by atoms with E-state index in [1.807, 2.05) is 39.0 Å². The van der Waals surface area contributed by atoms with E-state index in [-0.39, 0.29) is 5.91 Å². The van der Waals surface area contributed by atoms with Gasteiger partial charge >= 0.3 is 5.97 Å². The molecule has 1 saturated heterocycles. The lowest BCUT2D eigenvalue weighted by atomic mass is 10.1. The summed E-state index contributed by atoms with van der Waals surface area (Å²) in [6.07, 6.45) is 1.21. The van der Waals surface area contributed by atoms with Crippen LogP contribution in [0.15, 0.2) is 34.2 Å². The average Bonchev–Trinajstić information content (AvgIpc) is 2.76. The molecule has 0 aliphatic carbocycles. The Hall–Kier alpha value is -2.08. The van der Waals surface area contributed by atoms with Crippen LogP contribution in [0.5, 0.6) is 0 Å². The zero-order valence-corrected chi connectivity index (χ0v) is 13.9. The Balaban J connectivity index is 2.48. The first-order chi connectivity index (χ1) is 10.5. The van der Waals surface area contributed by atoms with Gasteiger partial charge in [0.2, 0.25) is 0 Å². The Bertz CT molecular complexity index is 680. The van der Waals surface area contributed by atoms with E-state index >= 15 is 0 Å². The Morgan fingerprint density at radius 2 is 2.14 bits per heavy atom. The zero-order chi connectivity index (χ0) is 16.3. The molecule has 0 unspecified atom stereocenters. The fourth-order valence-electron chi connectivity index (χ4n) is 2.15. The smallest absolute Gasteiger partial charge is 0.331 e. The summed E-state index contributed by atoms with van der Waals surface area (Å²) in [5, 5.41) is 0.578. The number of aliphatic imine (C=N–C) groups is 1. The second-order valence-corrected chi connectivity index (χ2v) is 5.83. The number of thioether (sulfide) groups is 1. The van der Waals surface area contributed by atoms with Crippen molar-refractivity contribution in [2.45, 2.75) is 20.8 Å². The molecule has 1 aliphatic heterocycles. The molecule has 0 saturated carbocycles. The minimum atomic E-state index is -0.547. The van der Waals surface area contributed by atoms with Crippen molar-refractivity contribution < 1.29 is 14.3 Å². The van der Waals surface area contributed by atoms with Crippen molar-refractivity contribution in [3.63, 3.8) is 0 Å². The number of anilines is 1. The monoisotopic (exact) mass is 318 g/mol. The van der Waals surface area contributed by atoms with Gasteiger partial charge in [-0.3, -0.25) is 14.7 Å². The van der Waals surface area contributed by atoms with Crippen LogP contribution in [0.1, 0.15) is 18.1 Å². The van der Waals surface area contributed by atoms with Gasteiger partial charge in [-0.2, -0.15) is 0 Å². The van der Waals surface area contributed by atoms with Crippen molar-refractivity contribution in [1.82, 2.24) is 0 Å². The number of hydrogen-bond donors (Lipinski definition) is 0. The molecule has 1 amide bonds. The van der Waals surface area contributed by atoms with E-state index in [1.54, 1.807) is 4.90 Å². The Morgan fingerprint density at radius 1 is 1.41 bits per heavy atom. The highest BCUT2D eigenvalue weighted by Crippen LogP contribution is 2.36. The molecule has 1 aliphatic rings. The predicted octanol–water partition coefficient (Wildman–Crippen LogP) is 2.82. The number of methoxy groups -OCH3 is 1. The number of carbonyl (C=O) groups excluding carboxylic acids is 2. The molecule has 5 nitrogen and oxygen atoms in total. The number of aryl methyl sites for hydroxylation is 2. The first-order valence-corrected chi connectivity index (χ1v) is 7.73. The van der Waals surface area contributed by atoms with Gasteiger partial charge in [0.05, 0.1) is 17.7 Å². The Morgan fingerprint density at radius 3 is 2.73 bits per heavy atom. The van der Waals surface area contributed by atoms with Crippen LogP contribution in [-0.4, -0.2) is 30.7 Å². The van der Waals surface area contributed by atoms with E-state index in [9.17, 15) is 9.59 Å². The normalized spacial score (nSPS) is 18.4. The molecule has 22 heavy (non-hydrogen) atoms. The second-order valence-electron chi connectivity index (χ2n) is 4.82. The van der Waals surface area contributed by atoms with Crippen LogP contribution in [-0.2, 0) is 14.3 Å². The molecule has 1 heterocycles. The molecule has 2 rings (SSSR count). The van der Waals surface area contributed by atoms with Gasteiger partial charge in [-0.15, -0.1) is 0 Å². The van der Waals surface area contributed by atoms with Crippen LogP contribution in [0.2, 0.25) is 0 Å². The van der Waals surface area contributed by atoms with Gasteiger partial charge in [0, 0.05) is 12.6 Å². The Labute approximate surface area is 134 Å². The SMILES string of the molecule is CCN=C1SC(=CC(=O)OC)C(=O)N1c1ccc(C)cc1C. The van der Waals surface area contributed by atoms with E-state index in [2.05, 4.69) is 9.73 Å². The van der Waals surface area contributed by atoms with Crippen LogP contribution in [0, 0.1) is 13.8 Å². The number of nitrogens with zero attached hydrogens (tertiary/aromatic N) is 2. The fourth-order valence-corrected chi connectivity index (χ4v) is 3.15. The van der Waals surface area contributed by atoms with E-state index in [0.717, 1.165) is 16.8 Å². The molecule has 0 N–H and O–H groups in total. The van der Waals surface area contributed by atoms with Gasteiger partial charge in [-0.05, 0) is 44.2 Å². The fraction of sp³-hybridized carbons (Fsp3) is 0.312. The first-order valence-electron chi connectivity index (χ1n) is 6.91. The van der Waals surface area contributed by atoms with Gasteiger partial charge in [0.25, 0.3) is 5.91 Å². The molecule has 0 atom stereocenters. The Kier molecular flexibility index (Phi) is 5.03. The number of rotatable bonds is 3. The maximum atomic E-state index is 12.6. The third-order valence-electron chi connectivity index (χ3n) is 3.14. The van der Waals surface area contributed by atoms with Gasteiger partial charge < -0.3 is 4.74 Å². The summed E-state index contributed by atoms with van der Waals surface area (Å²) < 4.78 is 4.60. The molecule has 1 aromatic rings. The standard InChI is InChI=1S/C16H18N2O3S/c1-5-17-16-18(12-7-6-10(2)8-11(12)3)15(20)13(22-16)9-14(19)21-4/h6-9H,5H2,1-4H3. The largest absolute Gasteiger partial charge is 0.466 e. The summed E-state index contributed by atoms with van der Waals surface area (Å²) in [7, 11) is 1.28. The molecule has 0 radical (unpaired) electrons. The second kappa shape index (κ2) is 6.79. The number of amidine groups is 1. The summed E-state index contributed by atoms with van der Waals surface area (Å²) in [6.45, 7) is 6.41. The van der Waals surface area contributed by atoms with Crippen molar-refractivity contribution in [2.75, 3.05) is 18.6 Å². The van der Waals surface area contributed by atoms with Crippen molar-refractivity contribution in [2.24, 2.45) is 4.99 Å². The molecule has 1 fully saturated rings. The summed E-state index contributed by atoms with van der Waals surface area (Å²) in [4.78, 5) is 30.3. The number of esters is 1. The molecule has 0 bridgehead atoms. The number of carbonyl (C=O) groups is 2. The van der Waals surface area contributed by atoms with Crippen molar-refractivity contribution in [3.8, 4) is 0 Å². The predicted molar refractivity (Wildman–Crippen MR) is 89.1 cm³/mol. The zero-order valence-electron chi connectivity index (χ0n) is 13.0. The van der Waals surface area contributed by atoms with Gasteiger partial charge in [0.15, 0.2) is 5.17 Å². The van der Waals surface area contributed by atoms with Gasteiger partial charge in [-0.25, -0.2) is 4.79 Å². The lowest BCUT2D eigenvalue weighted by Crippen LogP contribution is -2.29. The third-order valence-corrected chi connectivity index (χ3v) is 4.15. The third kappa shape index (κ3) is 3.22. The highest BCUT2D eigenvalue weighted by Gasteiger charge is 2.35. The van der Waals surface area contributed by atoms with Crippen molar-refractivity contribution >= 4 is 34.5 Å². The molecule has 6 heteroatoms. The van der Waals surface area contributed by atoms with Crippen LogP contribution >= 0.6 is 11.8 Å². The van der Waals surface area contributed by atoms with Crippen LogP contribution < -0.4 is 4.90 Å². The maximum absolute atomic E-state index is 12.6. The first kappa shape index (κ1) is 16.3. The van der Waals surface area contributed by atoms with Crippen molar-refractivity contribution in [1.29, 1.82) is 0 Å². The minimum Gasteiger partial charge on any atom is -0.466 e. The van der Waals surface area contributed by atoms with E-state index in [0.29, 0.717) is 16.6 Å². The summed E-state index contributed by atoms with van der Waals surface area (Å²) in [5.74, 6) is -0.802. The quantitative estimate of drug-likeness (QED) is 0.635. The molecular weight excluding hydrogens is 300 g/mol. The lowest BCUT2D eigenvalue weighted by molar-refractivity contribution is -0.135. The average molecular weight is 318 g/mol. The van der Waals surface area contributed by atoms with E-state index in [1.165, 1.54) is 24.9 Å². The molecule has 116 valence electrons. The molecule has 0 spiro atoms. The molecular formula is C16H18N2O3S. The highest BCUT2D eigenvalue weighted by molar-refractivity contribution is 8.19. The number of hydrogen-bond acceptors (Lipinski definition) is 5. The van der Waals surface area contributed by atoms with E-state index < -0.39 is 5.97 Å². The number of ether oxygens (including phenoxy) is 1. The highest BCUT2D eigenvalue weighted by atomic mass is 32.2. The minimum absolute atomic E-state index is 0.255. The summed E-state index contributed by atoms with van der Waals surface area (Å²) in [6, 6.07) is 5.86. The van der Waals surface area contributed by atoms with Crippen LogP contribution in [0.3, 0.4) is 0 Å². The molecule has 1 aromatic carbocycles. The van der Waals surface area contributed by atoms with Crippen LogP contribution in [0.4, 0.5) is 5.69 Å². The summed E-state index contributed by atoms with van der Waals surface area (Å²) >= 11 is 1.19. The lowest BCUT2D eigenvalue weighted by Gasteiger charge is -2.18. The maximum Gasteiger partial charge on any atom is 0.331 e.